The first kappa shape index (κ1) is 25.7. The summed E-state index contributed by atoms with van der Waals surface area (Å²) in [4.78, 5) is 12.2. The van der Waals surface area contributed by atoms with E-state index in [9.17, 15) is 15.0 Å². The maximum atomic E-state index is 12.2. The lowest BCUT2D eigenvalue weighted by atomic mass is 9.91. The second-order valence-corrected chi connectivity index (χ2v) is 19.7. The Bertz CT molecular complexity index is 506. The summed E-state index contributed by atoms with van der Waals surface area (Å²) < 4.78 is 17.6. The number of hydrogen-bond donors (Lipinski definition) is 2. The van der Waals surface area contributed by atoms with Crippen molar-refractivity contribution in [3.05, 3.63) is 12.2 Å². The normalized spacial score (nSPS) is 18.1. The molecule has 0 rings (SSSR count). The van der Waals surface area contributed by atoms with E-state index in [-0.39, 0.29) is 15.8 Å². The van der Waals surface area contributed by atoms with Gasteiger partial charge in [0.25, 0.3) is 5.97 Å². The number of hydrogen-bond acceptors (Lipinski definition) is 6. The summed E-state index contributed by atoms with van der Waals surface area (Å²) in [5, 5.41) is 21.6. The molecule has 0 fully saturated rings. The SMILES string of the molecule is C=C(C)C(=O)OC([SiH3])(CCC)C(C)(O)C(O)(O[Si](C)(C)C)O[Si](C)(C)C. The quantitative estimate of drug-likeness (QED) is 0.243. The van der Waals surface area contributed by atoms with Crippen molar-refractivity contribution < 1.29 is 28.6 Å². The molecule has 2 unspecified atom stereocenters. The van der Waals surface area contributed by atoms with E-state index in [1.54, 1.807) is 6.92 Å². The maximum absolute atomic E-state index is 12.2. The molecular formula is C17H38O6Si3. The van der Waals surface area contributed by atoms with Gasteiger partial charge in [-0.25, -0.2) is 4.79 Å². The molecule has 0 saturated heterocycles. The van der Waals surface area contributed by atoms with Crippen molar-refractivity contribution >= 4 is 32.8 Å². The summed E-state index contributed by atoms with van der Waals surface area (Å²) in [5.74, 6) is -2.87. The number of rotatable bonds is 10. The first-order chi connectivity index (χ1) is 11.3. The first-order valence-electron chi connectivity index (χ1n) is 9.04. The smallest absolute Gasteiger partial charge is 0.333 e. The van der Waals surface area contributed by atoms with Gasteiger partial charge in [-0.1, -0.05) is 19.9 Å². The Morgan fingerprint density at radius 2 is 1.46 bits per heavy atom. The number of carbonyl (C=O) groups is 1. The zero-order valence-corrected chi connectivity index (χ0v) is 22.1. The molecule has 2 atom stereocenters. The highest BCUT2D eigenvalue weighted by molar-refractivity contribution is 6.71. The molecular weight excluding hydrogens is 384 g/mol. The third-order valence-corrected chi connectivity index (χ3v) is 7.38. The molecule has 0 aliphatic rings. The van der Waals surface area contributed by atoms with E-state index in [4.69, 9.17) is 13.6 Å². The molecule has 0 bridgehead atoms. The number of esters is 1. The molecule has 26 heavy (non-hydrogen) atoms. The van der Waals surface area contributed by atoms with Crippen LogP contribution in [0.5, 0.6) is 0 Å². The summed E-state index contributed by atoms with van der Waals surface area (Å²) in [7, 11) is -4.37. The van der Waals surface area contributed by atoms with E-state index in [1.807, 2.05) is 46.2 Å². The maximum Gasteiger partial charge on any atom is 0.333 e. The highest BCUT2D eigenvalue weighted by atomic mass is 28.4. The number of ether oxygens (including phenoxy) is 1. The van der Waals surface area contributed by atoms with E-state index in [0.717, 1.165) is 0 Å². The Labute approximate surface area is 163 Å². The van der Waals surface area contributed by atoms with Gasteiger partial charge in [0.2, 0.25) is 0 Å². The molecule has 0 aromatic rings. The highest BCUT2D eigenvalue weighted by Crippen LogP contribution is 2.41. The second kappa shape index (κ2) is 8.38. The summed E-state index contributed by atoms with van der Waals surface area (Å²) in [6, 6.07) is 0. The average Bonchev–Trinajstić information content (AvgIpc) is 2.33. The van der Waals surface area contributed by atoms with Crippen molar-refractivity contribution in [2.45, 2.75) is 89.7 Å². The Kier molecular flexibility index (Phi) is 8.28. The Morgan fingerprint density at radius 3 is 1.73 bits per heavy atom. The minimum Gasteiger partial charge on any atom is -0.457 e. The van der Waals surface area contributed by atoms with Crippen LogP contribution in [-0.4, -0.2) is 59.9 Å². The fourth-order valence-electron chi connectivity index (χ4n) is 2.55. The fourth-order valence-corrected chi connectivity index (χ4v) is 5.77. The van der Waals surface area contributed by atoms with Crippen LogP contribution in [0, 0.1) is 0 Å². The van der Waals surface area contributed by atoms with Crippen molar-refractivity contribution in [3.63, 3.8) is 0 Å². The highest BCUT2D eigenvalue weighted by Gasteiger charge is 2.63. The molecule has 2 N–H and O–H groups in total. The zero-order chi connectivity index (χ0) is 21.2. The van der Waals surface area contributed by atoms with Gasteiger partial charge >= 0.3 is 5.97 Å². The van der Waals surface area contributed by atoms with Gasteiger partial charge in [-0.15, -0.1) is 0 Å². The summed E-state index contributed by atoms with van der Waals surface area (Å²) in [6.45, 7) is 19.9. The minimum absolute atomic E-state index is 0.234. The van der Waals surface area contributed by atoms with Gasteiger partial charge in [-0.05, 0) is 59.6 Å². The molecule has 6 nitrogen and oxygen atoms in total. The van der Waals surface area contributed by atoms with Crippen LogP contribution in [0.2, 0.25) is 39.3 Å². The van der Waals surface area contributed by atoms with Crippen LogP contribution in [0.3, 0.4) is 0 Å². The molecule has 0 aromatic carbocycles. The standard InChI is InChI=1S/C17H38O6Si3/c1-11-12-16(24,21-14(18)13(2)3)15(4,19)17(20,22-25(5,6)7)23-26(8,9)10/h19-20H,2,11-12H2,1,3-10,24H3. The third-order valence-electron chi connectivity index (χ3n) is 3.93. The van der Waals surface area contributed by atoms with E-state index >= 15 is 0 Å². The van der Waals surface area contributed by atoms with Crippen LogP contribution in [0.15, 0.2) is 12.2 Å². The van der Waals surface area contributed by atoms with E-state index in [1.165, 1.54) is 6.92 Å². The van der Waals surface area contributed by atoms with E-state index in [2.05, 4.69) is 6.58 Å². The predicted octanol–water partition coefficient (Wildman–Crippen LogP) is 2.07. The van der Waals surface area contributed by atoms with Gasteiger partial charge in [0, 0.05) is 5.57 Å². The van der Waals surface area contributed by atoms with Crippen molar-refractivity contribution in [1.29, 1.82) is 0 Å². The average molecular weight is 423 g/mol. The topological polar surface area (TPSA) is 85.2 Å². The Morgan fingerprint density at radius 1 is 1.08 bits per heavy atom. The van der Waals surface area contributed by atoms with Gasteiger partial charge in [-0.3, -0.25) is 0 Å². The van der Waals surface area contributed by atoms with Crippen molar-refractivity contribution in [1.82, 2.24) is 0 Å². The van der Waals surface area contributed by atoms with E-state index in [0.29, 0.717) is 12.8 Å². The lowest BCUT2D eigenvalue weighted by Gasteiger charge is -2.53. The molecule has 9 heteroatoms. The molecule has 0 heterocycles. The van der Waals surface area contributed by atoms with Crippen LogP contribution < -0.4 is 0 Å². The molecule has 0 aliphatic carbocycles. The summed E-state index contributed by atoms with van der Waals surface area (Å²) >= 11 is 0. The van der Waals surface area contributed by atoms with Crippen molar-refractivity contribution in [2.75, 3.05) is 0 Å². The minimum atomic E-state index is -2.32. The van der Waals surface area contributed by atoms with Crippen LogP contribution in [0.25, 0.3) is 0 Å². The molecule has 0 saturated carbocycles. The second-order valence-electron chi connectivity index (χ2n) is 9.23. The fraction of sp³-hybridized carbons (Fsp3) is 0.824. The molecule has 0 amide bonds. The van der Waals surface area contributed by atoms with Gasteiger partial charge in [0.15, 0.2) is 22.2 Å². The van der Waals surface area contributed by atoms with Crippen LogP contribution in [-0.2, 0) is 18.4 Å². The Balaban J connectivity index is 6.26. The Hall–Kier alpha value is -0.299. The monoisotopic (exact) mass is 422 g/mol. The number of carbonyl (C=O) groups excluding carboxylic acids is 1. The summed E-state index contributed by atoms with van der Waals surface area (Å²) in [5.41, 5.74) is -1.72. The lowest BCUT2D eigenvalue weighted by molar-refractivity contribution is -0.386. The van der Waals surface area contributed by atoms with Crippen LogP contribution in [0.1, 0.15) is 33.6 Å². The number of aliphatic hydroxyl groups is 2. The summed E-state index contributed by atoms with van der Waals surface area (Å²) in [6.07, 6.45) is 1.02. The first-order valence-corrected chi connectivity index (χ1v) is 16.9. The van der Waals surface area contributed by atoms with Gasteiger partial charge < -0.3 is 23.8 Å². The van der Waals surface area contributed by atoms with Gasteiger partial charge in [0.05, 0.1) is 10.2 Å². The van der Waals surface area contributed by atoms with Gasteiger partial charge in [-0.2, -0.15) is 0 Å². The predicted molar refractivity (Wildman–Crippen MR) is 113 cm³/mol. The van der Waals surface area contributed by atoms with E-state index < -0.39 is 39.4 Å². The van der Waals surface area contributed by atoms with Crippen LogP contribution in [0.4, 0.5) is 0 Å². The largest absolute Gasteiger partial charge is 0.457 e. The van der Waals surface area contributed by atoms with Crippen molar-refractivity contribution in [3.8, 4) is 0 Å². The van der Waals surface area contributed by atoms with Gasteiger partial charge in [0.1, 0.15) is 5.22 Å². The van der Waals surface area contributed by atoms with Crippen molar-refractivity contribution in [2.24, 2.45) is 0 Å². The molecule has 0 radical (unpaired) electrons. The zero-order valence-electron chi connectivity index (χ0n) is 18.1. The molecule has 0 aliphatic heterocycles. The molecule has 154 valence electrons. The van der Waals surface area contributed by atoms with Crippen LogP contribution >= 0.6 is 0 Å². The molecule has 0 spiro atoms. The third kappa shape index (κ3) is 6.70. The lowest BCUT2D eigenvalue weighted by Crippen LogP contribution is -2.73. The molecule has 0 aromatic heterocycles.